The number of aromatic nitrogens is 4. The topological polar surface area (TPSA) is 96.0 Å². The van der Waals surface area contributed by atoms with Crippen LogP contribution in [-0.2, 0) is 4.79 Å². The van der Waals surface area contributed by atoms with Crippen LogP contribution in [0.1, 0.15) is 6.42 Å². The van der Waals surface area contributed by atoms with E-state index in [0.29, 0.717) is 11.3 Å². The Labute approximate surface area is 94.7 Å². The maximum atomic E-state index is 11.2. The van der Waals surface area contributed by atoms with Gasteiger partial charge in [0.2, 0.25) is 11.2 Å². The first-order valence-electron chi connectivity index (χ1n) is 4.23. The molecular formula is C8H5ClN6O. The minimum absolute atomic E-state index is 0.193. The Morgan fingerprint density at radius 2 is 2.50 bits per heavy atom. The molecule has 8 heteroatoms. The van der Waals surface area contributed by atoms with Crippen molar-refractivity contribution in [1.29, 1.82) is 5.26 Å². The molecule has 16 heavy (non-hydrogen) atoms. The zero-order chi connectivity index (χ0) is 11.5. The highest BCUT2D eigenvalue weighted by Gasteiger charge is 2.10. The standard InChI is InChI=1S/C8H5ClN6O/c9-8-11-3-5(13-6(16)1-2-10)7-14-12-4-15(7)8/h3-4H,1H2,(H,13,16). The molecule has 0 bridgehead atoms. The third-order valence-electron chi connectivity index (χ3n) is 1.80. The van der Waals surface area contributed by atoms with Gasteiger partial charge in [-0.2, -0.15) is 5.26 Å². The van der Waals surface area contributed by atoms with Gasteiger partial charge >= 0.3 is 0 Å². The van der Waals surface area contributed by atoms with E-state index >= 15 is 0 Å². The number of fused-ring (bicyclic) bond motifs is 1. The highest BCUT2D eigenvalue weighted by molar-refractivity contribution is 6.28. The number of amides is 1. The van der Waals surface area contributed by atoms with Crippen molar-refractivity contribution in [1.82, 2.24) is 19.6 Å². The van der Waals surface area contributed by atoms with E-state index in [4.69, 9.17) is 16.9 Å². The lowest BCUT2D eigenvalue weighted by atomic mass is 10.4. The average Bonchev–Trinajstić information content (AvgIpc) is 2.72. The van der Waals surface area contributed by atoms with Crippen LogP contribution in [0.4, 0.5) is 5.69 Å². The third-order valence-corrected chi connectivity index (χ3v) is 2.08. The first-order valence-corrected chi connectivity index (χ1v) is 4.61. The molecule has 0 saturated carbocycles. The van der Waals surface area contributed by atoms with Crippen molar-refractivity contribution in [2.24, 2.45) is 0 Å². The van der Waals surface area contributed by atoms with Crippen LogP contribution >= 0.6 is 11.6 Å². The van der Waals surface area contributed by atoms with Gasteiger partial charge in [0.15, 0.2) is 5.65 Å². The van der Waals surface area contributed by atoms with Gasteiger partial charge in [-0.3, -0.25) is 9.20 Å². The van der Waals surface area contributed by atoms with E-state index < -0.39 is 5.91 Å². The number of rotatable bonds is 2. The summed E-state index contributed by atoms with van der Waals surface area (Å²) in [6, 6.07) is 1.74. The van der Waals surface area contributed by atoms with Crippen molar-refractivity contribution >= 4 is 28.8 Å². The van der Waals surface area contributed by atoms with E-state index in [2.05, 4.69) is 20.5 Å². The van der Waals surface area contributed by atoms with E-state index in [1.165, 1.54) is 16.9 Å². The number of halogens is 1. The Hall–Kier alpha value is -2.20. The summed E-state index contributed by atoms with van der Waals surface area (Å²) >= 11 is 5.77. The van der Waals surface area contributed by atoms with E-state index in [1.54, 1.807) is 6.07 Å². The fraction of sp³-hybridized carbons (Fsp3) is 0.125. The molecule has 0 aliphatic heterocycles. The lowest BCUT2D eigenvalue weighted by Crippen LogP contribution is -2.11. The van der Waals surface area contributed by atoms with Gasteiger partial charge in [0.1, 0.15) is 18.4 Å². The SMILES string of the molecule is N#CCC(=O)Nc1cnc(Cl)n2cnnc12. The summed E-state index contributed by atoms with van der Waals surface area (Å²) in [7, 11) is 0. The Balaban J connectivity index is 2.39. The quantitative estimate of drug-likeness (QED) is 0.772. The molecule has 0 saturated heterocycles. The van der Waals surface area contributed by atoms with E-state index in [0.717, 1.165) is 0 Å². The molecule has 0 aliphatic rings. The summed E-state index contributed by atoms with van der Waals surface area (Å²) in [5, 5.41) is 18.5. The molecule has 80 valence electrons. The average molecular weight is 237 g/mol. The second kappa shape index (κ2) is 4.12. The summed E-state index contributed by atoms with van der Waals surface area (Å²) in [5.41, 5.74) is 0.744. The molecule has 2 heterocycles. The molecule has 2 aromatic heterocycles. The van der Waals surface area contributed by atoms with Crippen LogP contribution in [0.3, 0.4) is 0 Å². The molecule has 0 unspecified atom stereocenters. The van der Waals surface area contributed by atoms with E-state index in [-0.39, 0.29) is 11.7 Å². The van der Waals surface area contributed by atoms with Crippen LogP contribution in [0.5, 0.6) is 0 Å². The number of carbonyl (C=O) groups is 1. The first-order chi connectivity index (χ1) is 7.72. The van der Waals surface area contributed by atoms with Gasteiger partial charge in [0, 0.05) is 0 Å². The fourth-order valence-corrected chi connectivity index (χ4v) is 1.32. The Bertz CT molecular complexity index is 586. The Morgan fingerprint density at radius 3 is 3.25 bits per heavy atom. The number of nitriles is 1. The van der Waals surface area contributed by atoms with Gasteiger partial charge in [-0.25, -0.2) is 4.98 Å². The van der Waals surface area contributed by atoms with Crippen LogP contribution in [0, 0.1) is 11.3 Å². The van der Waals surface area contributed by atoms with Crippen molar-refractivity contribution in [2.75, 3.05) is 5.32 Å². The van der Waals surface area contributed by atoms with Gasteiger partial charge in [0.05, 0.1) is 12.3 Å². The summed E-state index contributed by atoms with van der Waals surface area (Å²) in [4.78, 5) is 15.1. The van der Waals surface area contributed by atoms with Crippen molar-refractivity contribution in [3.8, 4) is 6.07 Å². The summed E-state index contributed by atoms with van der Waals surface area (Å²) in [5.74, 6) is -0.434. The molecule has 1 amide bonds. The van der Waals surface area contributed by atoms with Gasteiger partial charge in [-0.15, -0.1) is 10.2 Å². The second-order valence-electron chi connectivity index (χ2n) is 2.85. The fourth-order valence-electron chi connectivity index (χ4n) is 1.15. The second-order valence-corrected chi connectivity index (χ2v) is 3.19. The number of hydrogen-bond donors (Lipinski definition) is 1. The van der Waals surface area contributed by atoms with E-state index in [1.807, 2.05) is 0 Å². The number of anilines is 1. The largest absolute Gasteiger partial charge is 0.321 e. The predicted molar refractivity (Wildman–Crippen MR) is 54.7 cm³/mol. The molecule has 0 spiro atoms. The maximum Gasteiger partial charge on any atom is 0.238 e. The smallest absolute Gasteiger partial charge is 0.238 e. The minimum atomic E-state index is -0.434. The van der Waals surface area contributed by atoms with Crippen molar-refractivity contribution in [3.63, 3.8) is 0 Å². The number of carbonyl (C=O) groups excluding carboxylic acids is 1. The lowest BCUT2D eigenvalue weighted by Gasteiger charge is -2.03. The molecule has 0 atom stereocenters. The van der Waals surface area contributed by atoms with Crippen LogP contribution < -0.4 is 5.32 Å². The highest BCUT2D eigenvalue weighted by Crippen LogP contribution is 2.16. The molecule has 2 aromatic rings. The zero-order valence-corrected chi connectivity index (χ0v) is 8.64. The molecule has 2 rings (SSSR count). The van der Waals surface area contributed by atoms with Gasteiger partial charge in [-0.05, 0) is 11.6 Å². The number of nitrogens with zero attached hydrogens (tertiary/aromatic N) is 5. The Kier molecular flexibility index (Phi) is 2.66. The molecule has 0 fully saturated rings. The zero-order valence-electron chi connectivity index (χ0n) is 7.88. The highest BCUT2D eigenvalue weighted by atomic mass is 35.5. The van der Waals surface area contributed by atoms with Gasteiger partial charge in [0.25, 0.3) is 0 Å². The maximum absolute atomic E-state index is 11.2. The molecule has 7 nitrogen and oxygen atoms in total. The minimum Gasteiger partial charge on any atom is -0.321 e. The van der Waals surface area contributed by atoms with Crippen molar-refractivity contribution in [3.05, 3.63) is 17.8 Å². The van der Waals surface area contributed by atoms with Gasteiger partial charge in [-0.1, -0.05) is 0 Å². The third kappa shape index (κ3) is 1.78. The summed E-state index contributed by atoms with van der Waals surface area (Å²) in [6.07, 6.45) is 2.51. The van der Waals surface area contributed by atoms with Crippen molar-refractivity contribution < 1.29 is 4.79 Å². The molecule has 1 N–H and O–H groups in total. The normalized spacial score (nSPS) is 10.0. The molecular weight excluding hydrogens is 232 g/mol. The van der Waals surface area contributed by atoms with Crippen molar-refractivity contribution in [2.45, 2.75) is 6.42 Å². The number of hydrogen-bond acceptors (Lipinski definition) is 5. The monoisotopic (exact) mass is 236 g/mol. The van der Waals surface area contributed by atoms with Crippen LogP contribution in [-0.4, -0.2) is 25.5 Å². The molecule has 0 aliphatic carbocycles. The first kappa shape index (κ1) is 10.3. The number of nitrogens with one attached hydrogen (secondary N) is 1. The molecule has 0 radical (unpaired) electrons. The Morgan fingerprint density at radius 1 is 1.69 bits per heavy atom. The predicted octanol–water partition coefficient (Wildman–Crippen LogP) is 0.630. The summed E-state index contributed by atoms with van der Waals surface area (Å²) < 4.78 is 1.42. The summed E-state index contributed by atoms with van der Waals surface area (Å²) in [6.45, 7) is 0. The molecule has 0 aromatic carbocycles. The van der Waals surface area contributed by atoms with Crippen LogP contribution in [0.15, 0.2) is 12.5 Å². The van der Waals surface area contributed by atoms with E-state index in [9.17, 15) is 4.79 Å². The lowest BCUT2D eigenvalue weighted by molar-refractivity contribution is -0.115. The van der Waals surface area contributed by atoms with Crippen LogP contribution in [0.25, 0.3) is 5.65 Å². The van der Waals surface area contributed by atoms with Crippen LogP contribution in [0.2, 0.25) is 5.28 Å². The van der Waals surface area contributed by atoms with Gasteiger partial charge < -0.3 is 5.32 Å².